The highest BCUT2D eigenvalue weighted by atomic mass is 32.2. The number of aliphatic hydroxyl groups is 22. The van der Waals surface area contributed by atoms with E-state index in [2.05, 4.69) is 4.72 Å². The maximum absolute atomic E-state index is 14.0. The molecule has 30 heterocycles. The van der Waals surface area contributed by atoms with Gasteiger partial charge in [0.1, 0.15) is 208 Å². The van der Waals surface area contributed by atoms with Crippen molar-refractivity contribution >= 4 is 42.6 Å². The number of aliphatic hydroxyl groups excluding tert-OH is 22. The molecule has 0 spiro atoms. The summed E-state index contributed by atoms with van der Waals surface area (Å²) in [5, 5.41) is 253. The van der Waals surface area contributed by atoms with Crippen LogP contribution in [0.15, 0.2) is 70.5 Å². The standard InChI is InChI=1S/C69H100N2O45S2/c1-23-10-12-24(13-11-23)118(97,98)100-22-35-61-45(86)53(94)69(108-35)114-59-33(20-77)105-66(50(91)42(59)83)112-57-31(18-75)103-64(48(89)40(57)81)110-55-29(16-73)101-62(46(87)38(55)79)109-54-28(15-72)102-63(47(88)39(54)80)111-56-30(17-74)104-65(49(90)41(56)82)113-58-32(19-76)106-67(51(92)43(58)84)115-60-34(107-68(116-61)52(93)44(60)85)21-99-37(78)14-70-117(95,96)36-9-5-6-25-26(36)7-4-8-27(25)71(2)3/h4-13,28-35,38-70,72-77,79-94H,14-22H2,1-3H3/t28-,29-,30-,31-,32-,33-,34-,35-,38-,39-,40-,41-,42-,43-,44-,45-,46-,47-,48-,49-,50-,51-,52-,53-,54-,55-,56-,57-,58-,59-,60-,61-,62-,63-,64-,65-,66-,67-,68-,69-/m1/s1. The van der Waals surface area contributed by atoms with Crippen LogP contribution in [0, 0.1) is 6.92 Å². The van der Waals surface area contributed by atoms with E-state index < -0.39 is 336 Å². The zero-order chi connectivity index (χ0) is 85.6. The van der Waals surface area contributed by atoms with Crippen molar-refractivity contribution in [3.63, 3.8) is 0 Å². The third kappa shape index (κ3) is 19.2. The minimum absolute atomic E-state index is 0.243. The Kier molecular flexibility index (Phi) is 30.6. The summed E-state index contributed by atoms with van der Waals surface area (Å²) in [6.07, 6.45) is -88.4. The summed E-state index contributed by atoms with van der Waals surface area (Å²) in [4.78, 5) is 14.8. The van der Waals surface area contributed by atoms with Crippen LogP contribution in [0.5, 0.6) is 0 Å². The lowest BCUT2D eigenvalue weighted by Crippen LogP contribution is -2.69. The van der Waals surface area contributed by atoms with Crippen LogP contribution in [0.1, 0.15) is 5.56 Å². The van der Waals surface area contributed by atoms with E-state index in [1.54, 1.807) is 44.1 Å². The first-order chi connectivity index (χ1) is 56.0. The van der Waals surface area contributed by atoms with Gasteiger partial charge in [0.15, 0.2) is 50.3 Å². The Hall–Kier alpha value is -4.51. The number of hydrogen-bond donors (Lipinski definition) is 23. The monoisotopic (exact) mass is 1740 g/mol. The van der Waals surface area contributed by atoms with Gasteiger partial charge < -0.3 is 198 Å². The molecule has 30 saturated heterocycles. The van der Waals surface area contributed by atoms with E-state index >= 15 is 0 Å². The lowest BCUT2D eigenvalue weighted by molar-refractivity contribution is -0.404. The van der Waals surface area contributed by atoms with E-state index in [1.807, 2.05) is 0 Å². The molecular weight excluding hydrogens is 1640 g/mol. The molecule has 0 saturated carbocycles. The zero-order valence-electron chi connectivity index (χ0n) is 62.7. The highest BCUT2D eigenvalue weighted by Gasteiger charge is 2.61. The van der Waals surface area contributed by atoms with Gasteiger partial charge in [0.2, 0.25) is 10.0 Å². The first-order valence-corrected chi connectivity index (χ1v) is 40.2. The Morgan fingerprint density at radius 1 is 0.347 bits per heavy atom. The summed E-state index contributed by atoms with van der Waals surface area (Å²) in [5.74, 6) is -1.38. The van der Waals surface area contributed by atoms with E-state index in [1.165, 1.54) is 30.3 Å². The fraction of sp³-hybridized carbons (Fsp3) is 0.754. The number of esters is 1. The van der Waals surface area contributed by atoms with E-state index in [0.717, 1.165) is 12.1 Å². The molecule has 0 aliphatic carbocycles. The van der Waals surface area contributed by atoms with Crippen LogP contribution in [0.3, 0.4) is 0 Å². The Morgan fingerprint density at radius 2 is 0.610 bits per heavy atom. The Bertz CT molecular complexity index is 3990. The van der Waals surface area contributed by atoms with Crippen LogP contribution in [0.2, 0.25) is 0 Å². The van der Waals surface area contributed by atoms with Crippen LogP contribution in [0.4, 0.5) is 5.69 Å². The fourth-order valence-electron chi connectivity index (χ4n) is 15.2. The van der Waals surface area contributed by atoms with Gasteiger partial charge in [0.25, 0.3) is 10.1 Å². The molecule has 118 heavy (non-hydrogen) atoms. The van der Waals surface area contributed by atoms with E-state index in [4.69, 9.17) is 84.7 Å². The largest absolute Gasteiger partial charge is 0.462 e. The number of carbonyl (C=O) groups is 1. The van der Waals surface area contributed by atoms with E-state index in [9.17, 15) is 134 Å². The SMILES string of the molecule is Cc1ccc(S(=O)(=O)OC[C@H]2O[C@@H]3O[C@H]4[C@H](O)[C@@H](O)[C@@H](O[C@H]5[C@H](O)[C@@H](O)[C@@H](O[C@H]6[C@H](O)[C@@H](O)[C@@H](O[C@H]7[C@H](O)[C@@H](O)[C@@H](O[C@H]8[C@H](O)[C@@H](O)[C@@H](O[C@H]9[C@H](O)[C@@H](O)[C@@H](O[C@H]%10[C@H](O)[C@@H](O)[C@@H](O[C@H]2[C@H](O)[C@H]3O)O[C@@H]%10COC(=O)CNS(=O)(=O)c2cccc3c(N(C)C)cccc23)O[C@@H]9CO)O[C@@H]8CO)O[C@@H]7CO)O[C@@H]6CO)O[C@@H]5CO)O[C@@H]4CO)cc1. The Labute approximate surface area is 670 Å². The fourth-order valence-corrected chi connectivity index (χ4v) is 17.3. The number of hydrogen-bond acceptors (Lipinski definition) is 46. The molecule has 0 amide bonds. The van der Waals surface area contributed by atoms with E-state index in [-0.39, 0.29) is 10.3 Å². The molecule has 3 aromatic carbocycles. The highest BCUT2D eigenvalue weighted by Crippen LogP contribution is 2.41. The smallest absolute Gasteiger partial charge is 0.321 e. The minimum atomic E-state index is -4.87. The van der Waals surface area contributed by atoms with Crippen molar-refractivity contribution in [1.82, 2.24) is 4.72 Å². The number of nitrogens with zero attached hydrogens (tertiary/aromatic N) is 1. The summed E-state index contributed by atoms with van der Waals surface area (Å²) in [6, 6.07) is 14.3. The van der Waals surface area contributed by atoms with Crippen LogP contribution in [-0.4, -0.2) is 454 Å². The first-order valence-electron chi connectivity index (χ1n) is 37.3. The minimum Gasteiger partial charge on any atom is -0.462 e. The number of nitrogens with one attached hydrogen (secondary N) is 1. The molecule has 47 nitrogen and oxygen atoms in total. The molecule has 49 heteroatoms. The van der Waals surface area contributed by atoms with Crippen molar-refractivity contribution < 1.29 is 219 Å². The molecule has 40 atom stereocenters. The lowest BCUT2D eigenvalue weighted by atomic mass is 9.94. The second-order valence-corrected chi connectivity index (χ2v) is 33.0. The van der Waals surface area contributed by atoms with Crippen LogP contribution < -0.4 is 9.62 Å². The van der Waals surface area contributed by atoms with Gasteiger partial charge in [-0.05, 0) is 31.2 Å². The number of sulfonamides is 1. The summed E-state index contributed by atoms with van der Waals surface area (Å²) in [5.41, 5.74) is 1.23. The van der Waals surface area contributed by atoms with Crippen molar-refractivity contribution in [2.45, 2.75) is 262 Å². The number of rotatable bonds is 17. The molecule has 0 unspecified atom stereocenters. The van der Waals surface area contributed by atoms with Gasteiger partial charge in [0, 0.05) is 30.6 Å². The van der Waals surface area contributed by atoms with Crippen LogP contribution >= 0.6 is 0 Å². The molecule has 23 N–H and O–H groups in total. The summed E-state index contributed by atoms with van der Waals surface area (Å²) in [6.45, 7) is -8.92. The van der Waals surface area contributed by atoms with Crippen molar-refractivity contribution in [2.75, 3.05) is 78.4 Å². The molecule has 0 radical (unpaired) electrons. The molecule has 0 aromatic heterocycles. The Balaban J connectivity index is 0.854. The van der Waals surface area contributed by atoms with Crippen molar-refractivity contribution in [1.29, 1.82) is 0 Å². The molecule has 30 fully saturated rings. The lowest BCUT2D eigenvalue weighted by Gasteiger charge is -2.50. The van der Waals surface area contributed by atoms with Crippen molar-refractivity contribution in [3.8, 4) is 0 Å². The number of benzene rings is 3. The highest BCUT2D eigenvalue weighted by molar-refractivity contribution is 7.89. The van der Waals surface area contributed by atoms with E-state index in [0.29, 0.717) is 16.6 Å². The third-order valence-electron chi connectivity index (χ3n) is 21.7. The zero-order valence-corrected chi connectivity index (χ0v) is 64.4. The number of carbonyl (C=O) groups excluding carboxylic acids is 1. The van der Waals surface area contributed by atoms with Gasteiger partial charge in [-0.3, -0.25) is 8.98 Å². The molecule has 30 aliphatic rings. The number of fused-ring (bicyclic) bond motifs is 1. The van der Waals surface area contributed by atoms with Gasteiger partial charge in [-0.2, -0.15) is 13.1 Å². The van der Waals surface area contributed by atoms with Gasteiger partial charge in [-0.15, -0.1) is 0 Å². The average molecular weight is 1740 g/mol. The average Bonchev–Trinajstić information content (AvgIpc) is 0.810. The quantitative estimate of drug-likeness (QED) is 0.0441. The second-order valence-electron chi connectivity index (χ2n) is 29.7. The molecule has 16 bridgehead atoms. The molecule has 3 aromatic rings. The third-order valence-corrected chi connectivity index (χ3v) is 24.4. The molecular formula is C69H100N2O45S2. The Morgan fingerprint density at radius 3 is 0.898 bits per heavy atom. The number of anilines is 1. The van der Waals surface area contributed by atoms with Crippen molar-refractivity contribution in [3.05, 3.63) is 66.2 Å². The predicted molar refractivity (Wildman–Crippen MR) is 376 cm³/mol. The van der Waals surface area contributed by atoms with Gasteiger partial charge in [-0.25, -0.2) is 8.42 Å². The second kappa shape index (κ2) is 38.9. The topological polar surface area (TPSA) is 712 Å². The summed E-state index contributed by atoms with van der Waals surface area (Å²) < 4.78 is 162. The first kappa shape index (κ1) is 92.7. The van der Waals surface area contributed by atoms with Crippen molar-refractivity contribution in [2.24, 2.45) is 0 Å². The van der Waals surface area contributed by atoms with Gasteiger partial charge >= 0.3 is 5.97 Å². The maximum Gasteiger partial charge on any atom is 0.321 e. The summed E-state index contributed by atoms with van der Waals surface area (Å²) in [7, 11) is -6.02. The predicted octanol–water partition coefficient (Wildman–Crippen LogP) is -13.9. The van der Waals surface area contributed by atoms with Gasteiger partial charge in [0.05, 0.1) is 56.0 Å². The van der Waals surface area contributed by atoms with Crippen LogP contribution in [0.25, 0.3) is 10.8 Å². The molecule has 33 rings (SSSR count). The maximum atomic E-state index is 14.0. The normalized spacial score (nSPS) is 44.5. The number of ether oxygens (including phenoxy) is 17. The molecule has 668 valence electrons. The van der Waals surface area contributed by atoms with Gasteiger partial charge in [-0.1, -0.05) is 42.0 Å². The van der Waals surface area contributed by atoms with Crippen LogP contribution in [-0.2, 0) is 110 Å². The number of aryl methyl sites for hydroxylation is 1. The summed E-state index contributed by atoms with van der Waals surface area (Å²) >= 11 is 0. The molecule has 30 aliphatic heterocycles.